The van der Waals surface area contributed by atoms with Gasteiger partial charge in [-0.1, -0.05) is 11.6 Å². The van der Waals surface area contributed by atoms with Crippen molar-refractivity contribution in [3.63, 3.8) is 0 Å². The monoisotopic (exact) mass is 243 g/mol. The first-order chi connectivity index (χ1) is 7.77. The van der Waals surface area contributed by atoms with Crippen LogP contribution in [0.5, 0.6) is 5.75 Å². The number of halogens is 1. The highest BCUT2D eigenvalue weighted by atomic mass is 35.5. The normalized spacial score (nSPS) is 10.4. The third-order valence-corrected chi connectivity index (χ3v) is 2.53. The fraction of sp³-hybridized carbons (Fsp3) is 0.500. The quantitative estimate of drug-likeness (QED) is 0.745. The number of hydrogen-bond donors (Lipinski definition) is 1. The van der Waals surface area contributed by atoms with E-state index in [1.54, 1.807) is 14.2 Å². The van der Waals surface area contributed by atoms with Gasteiger partial charge in [0.2, 0.25) is 0 Å². The molecule has 1 rings (SSSR count). The van der Waals surface area contributed by atoms with Gasteiger partial charge < -0.3 is 14.8 Å². The molecule has 0 aliphatic heterocycles. The van der Waals surface area contributed by atoms with Crippen LogP contribution in [0, 0.1) is 0 Å². The molecular formula is C12H18ClNO2. The zero-order valence-corrected chi connectivity index (χ0v) is 10.5. The predicted molar refractivity (Wildman–Crippen MR) is 66.5 cm³/mol. The van der Waals surface area contributed by atoms with Gasteiger partial charge in [0.1, 0.15) is 5.75 Å². The summed E-state index contributed by atoms with van der Waals surface area (Å²) in [4.78, 5) is 0. The molecule has 1 N–H and O–H groups in total. The first kappa shape index (κ1) is 13.3. The molecule has 0 bridgehead atoms. The van der Waals surface area contributed by atoms with E-state index in [-0.39, 0.29) is 0 Å². The van der Waals surface area contributed by atoms with Crippen molar-refractivity contribution in [2.75, 3.05) is 33.9 Å². The van der Waals surface area contributed by atoms with Crippen LogP contribution in [-0.4, -0.2) is 33.9 Å². The zero-order valence-electron chi connectivity index (χ0n) is 9.75. The summed E-state index contributed by atoms with van der Waals surface area (Å²) in [6, 6.07) is 5.67. The summed E-state index contributed by atoms with van der Waals surface area (Å²) in [5.41, 5.74) is 1.12. The molecule has 0 amide bonds. The van der Waals surface area contributed by atoms with Crippen molar-refractivity contribution in [3.05, 3.63) is 28.8 Å². The second-order valence-corrected chi connectivity index (χ2v) is 3.89. The Morgan fingerprint density at radius 2 is 2.06 bits per heavy atom. The molecule has 0 aromatic heterocycles. The van der Waals surface area contributed by atoms with Crippen LogP contribution in [0.1, 0.15) is 5.56 Å². The van der Waals surface area contributed by atoms with E-state index in [1.807, 2.05) is 18.2 Å². The van der Waals surface area contributed by atoms with Crippen molar-refractivity contribution >= 4 is 11.6 Å². The maximum atomic E-state index is 5.94. The average Bonchev–Trinajstić information content (AvgIpc) is 2.29. The lowest BCUT2D eigenvalue weighted by atomic mass is 10.1. The first-order valence-corrected chi connectivity index (χ1v) is 5.67. The maximum Gasteiger partial charge on any atom is 0.122 e. The highest BCUT2D eigenvalue weighted by molar-refractivity contribution is 6.30. The standard InChI is InChI=1S/C12H18ClNO2/c1-15-8-7-14-6-5-10-9-11(13)3-4-12(10)16-2/h3-4,9,14H,5-8H2,1-2H3. The Kier molecular flexibility index (Phi) is 6.23. The highest BCUT2D eigenvalue weighted by Crippen LogP contribution is 2.22. The summed E-state index contributed by atoms with van der Waals surface area (Å²) < 4.78 is 10.2. The van der Waals surface area contributed by atoms with Crippen molar-refractivity contribution < 1.29 is 9.47 Å². The van der Waals surface area contributed by atoms with Gasteiger partial charge in [-0.05, 0) is 36.7 Å². The fourth-order valence-electron chi connectivity index (χ4n) is 1.46. The van der Waals surface area contributed by atoms with E-state index in [0.717, 1.165) is 42.5 Å². The van der Waals surface area contributed by atoms with Gasteiger partial charge in [0, 0.05) is 18.7 Å². The molecule has 0 atom stereocenters. The average molecular weight is 244 g/mol. The molecule has 0 heterocycles. The molecular weight excluding hydrogens is 226 g/mol. The van der Waals surface area contributed by atoms with Gasteiger partial charge in [0.05, 0.1) is 13.7 Å². The van der Waals surface area contributed by atoms with E-state index in [4.69, 9.17) is 21.1 Å². The summed E-state index contributed by atoms with van der Waals surface area (Å²) in [6.45, 7) is 2.48. The number of methoxy groups -OCH3 is 2. The molecule has 0 saturated heterocycles. The van der Waals surface area contributed by atoms with E-state index >= 15 is 0 Å². The maximum absolute atomic E-state index is 5.94. The highest BCUT2D eigenvalue weighted by Gasteiger charge is 2.03. The Hall–Kier alpha value is -0.770. The molecule has 0 spiro atoms. The summed E-state index contributed by atoms with van der Waals surface area (Å²) >= 11 is 5.94. The van der Waals surface area contributed by atoms with Gasteiger partial charge in [-0.25, -0.2) is 0 Å². The van der Waals surface area contributed by atoms with Crippen LogP contribution in [0.25, 0.3) is 0 Å². The van der Waals surface area contributed by atoms with Crippen LogP contribution in [0.2, 0.25) is 5.02 Å². The molecule has 90 valence electrons. The molecule has 0 unspecified atom stereocenters. The lowest BCUT2D eigenvalue weighted by Gasteiger charge is -2.09. The summed E-state index contributed by atoms with van der Waals surface area (Å²) in [5.74, 6) is 0.887. The van der Waals surface area contributed by atoms with E-state index in [0.29, 0.717) is 0 Å². The Morgan fingerprint density at radius 3 is 2.75 bits per heavy atom. The molecule has 0 radical (unpaired) electrons. The number of benzene rings is 1. The summed E-state index contributed by atoms with van der Waals surface area (Å²) in [5, 5.41) is 4.03. The number of nitrogens with one attached hydrogen (secondary N) is 1. The minimum absolute atomic E-state index is 0.729. The second kappa shape index (κ2) is 7.49. The van der Waals surface area contributed by atoms with E-state index in [9.17, 15) is 0 Å². The predicted octanol–water partition coefficient (Wildman–Crippen LogP) is 2.13. The van der Waals surface area contributed by atoms with Crippen LogP contribution in [0.4, 0.5) is 0 Å². The van der Waals surface area contributed by atoms with Crippen LogP contribution in [0.3, 0.4) is 0 Å². The summed E-state index contributed by atoms with van der Waals surface area (Å²) in [6.07, 6.45) is 0.896. The van der Waals surface area contributed by atoms with Gasteiger partial charge in [0.25, 0.3) is 0 Å². The number of ether oxygens (including phenoxy) is 2. The second-order valence-electron chi connectivity index (χ2n) is 3.45. The molecule has 3 nitrogen and oxygen atoms in total. The largest absolute Gasteiger partial charge is 0.496 e. The Bertz CT molecular complexity index is 318. The van der Waals surface area contributed by atoms with Gasteiger partial charge in [0.15, 0.2) is 0 Å². The lowest BCUT2D eigenvalue weighted by molar-refractivity contribution is 0.199. The molecule has 0 fully saturated rings. The van der Waals surface area contributed by atoms with Crippen LogP contribution >= 0.6 is 11.6 Å². The number of rotatable bonds is 7. The van der Waals surface area contributed by atoms with Crippen molar-refractivity contribution in [1.29, 1.82) is 0 Å². The molecule has 0 saturated carbocycles. The Morgan fingerprint density at radius 1 is 1.25 bits per heavy atom. The van der Waals surface area contributed by atoms with Crippen molar-refractivity contribution in [3.8, 4) is 5.75 Å². The van der Waals surface area contributed by atoms with Crippen LogP contribution < -0.4 is 10.1 Å². The van der Waals surface area contributed by atoms with Gasteiger partial charge in [-0.3, -0.25) is 0 Å². The van der Waals surface area contributed by atoms with Crippen LogP contribution in [0.15, 0.2) is 18.2 Å². The molecule has 4 heteroatoms. The molecule has 0 aliphatic carbocycles. The van der Waals surface area contributed by atoms with Crippen molar-refractivity contribution in [2.24, 2.45) is 0 Å². The van der Waals surface area contributed by atoms with E-state index in [2.05, 4.69) is 5.32 Å². The smallest absolute Gasteiger partial charge is 0.122 e. The third-order valence-electron chi connectivity index (χ3n) is 2.30. The van der Waals surface area contributed by atoms with E-state index in [1.165, 1.54) is 0 Å². The SMILES string of the molecule is COCCNCCc1cc(Cl)ccc1OC. The minimum Gasteiger partial charge on any atom is -0.496 e. The van der Waals surface area contributed by atoms with Crippen LogP contribution in [-0.2, 0) is 11.2 Å². The molecule has 0 aliphatic rings. The molecule has 1 aromatic rings. The zero-order chi connectivity index (χ0) is 11.8. The lowest BCUT2D eigenvalue weighted by Crippen LogP contribution is -2.21. The fourth-order valence-corrected chi connectivity index (χ4v) is 1.66. The first-order valence-electron chi connectivity index (χ1n) is 5.30. The van der Waals surface area contributed by atoms with Crippen molar-refractivity contribution in [2.45, 2.75) is 6.42 Å². The van der Waals surface area contributed by atoms with Gasteiger partial charge in [-0.15, -0.1) is 0 Å². The Labute approximate surface area is 102 Å². The van der Waals surface area contributed by atoms with Gasteiger partial charge in [-0.2, -0.15) is 0 Å². The van der Waals surface area contributed by atoms with Crippen molar-refractivity contribution in [1.82, 2.24) is 5.32 Å². The Balaban J connectivity index is 2.42. The third kappa shape index (κ3) is 4.39. The van der Waals surface area contributed by atoms with E-state index < -0.39 is 0 Å². The molecule has 1 aromatic carbocycles. The number of hydrogen-bond acceptors (Lipinski definition) is 3. The van der Waals surface area contributed by atoms with Gasteiger partial charge >= 0.3 is 0 Å². The topological polar surface area (TPSA) is 30.5 Å². The molecule has 16 heavy (non-hydrogen) atoms. The minimum atomic E-state index is 0.729. The summed E-state index contributed by atoms with van der Waals surface area (Å²) in [7, 11) is 3.37.